The van der Waals surface area contributed by atoms with Crippen molar-refractivity contribution in [3.05, 3.63) is 47.8 Å². The van der Waals surface area contributed by atoms with Gasteiger partial charge in [0, 0.05) is 0 Å². The summed E-state index contributed by atoms with van der Waals surface area (Å²) in [5.74, 6) is -0.221. The van der Waals surface area contributed by atoms with Gasteiger partial charge in [0.25, 0.3) is 0 Å². The molecule has 1 heteroatoms. The number of rotatable bonds is 3. The number of hydrogen-bond acceptors (Lipinski definition) is 0. The lowest BCUT2D eigenvalue weighted by Gasteiger charge is -2.03. The van der Waals surface area contributed by atoms with Gasteiger partial charge in [-0.1, -0.05) is 26.0 Å². The molecule has 0 amide bonds. The minimum absolute atomic E-state index is 0.221. The zero-order chi connectivity index (χ0) is 8.97. The van der Waals surface area contributed by atoms with E-state index in [-0.39, 0.29) is 5.82 Å². The fourth-order valence-electron chi connectivity index (χ4n) is 1.20. The highest BCUT2D eigenvalue weighted by Gasteiger charge is 1.99. The van der Waals surface area contributed by atoms with Crippen LogP contribution in [0.15, 0.2) is 24.8 Å². The molecule has 1 rings (SSSR count). The largest absolute Gasteiger partial charge is 0.207 e. The average Bonchev–Trinajstić information content (AvgIpc) is 2.08. The molecule has 0 N–H and O–H groups in total. The first-order chi connectivity index (χ1) is 5.77. The molecule has 0 atom stereocenters. The summed E-state index contributed by atoms with van der Waals surface area (Å²) in [4.78, 5) is 0. The van der Waals surface area contributed by atoms with E-state index < -0.39 is 0 Å². The molecule has 0 aliphatic heterocycles. The Balaban J connectivity index is 3.02. The smallest absolute Gasteiger partial charge is 0.123 e. The van der Waals surface area contributed by atoms with Crippen LogP contribution in [0.5, 0.6) is 0 Å². The van der Waals surface area contributed by atoms with E-state index in [2.05, 4.69) is 19.6 Å². The zero-order valence-corrected chi connectivity index (χ0v) is 7.23. The van der Waals surface area contributed by atoms with Crippen LogP contribution in [0.25, 0.3) is 0 Å². The minimum atomic E-state index is -0.221. The van der Waals surface area contributed by atoms with Gasteiger partial charge in [-0.15, -0.1) is 0 Å². The van der Waals surface area contributed by atoms with Gasteiger partial charge < -0.3 is 0 Å². The maximum Gasteiger partial charge on any atom is 0.123 e. The van der Waals surface area contributed by atoms with Crippen molar-refractivity contribution in [3.8, 4) is 0 Å². The SMILES string of the molecule is C=[C]c1cc(F)ccc1CCC. The van der Waals surface area contributed by atoms with Crippen molar-refractivity contribution in [2.24, 2.45) is 0 Å². The first-order valence-electron chi connectivity index (χ1n) is 4.09. The van der Waals surface area contributed by atoms with E-state index in [1.807, 2.05) is 0 Å². The Morgan fingerprint density at radius 2 is 2.25 bits per heavy atom. The van der Waals surface area contributed by atoms with E-state index in [9.17, 15) is 4.39 Å². The molecule has 0 saturated carbocycles. The first kappa shape index (κ1) is 8.98. The Kier molecular flexibility index (Phi) is 3.03. The topological polar surface area (TPSA) is 0 Å². The molecule has 1 aromatic carbocycles. The number of aryl methyl sites for hydroxylation is 1. The van der Waals surface area contributed by atoms with Crippen LogP contribution in [-0.4, -0.2) is 0 Å². The van der Waals surface area contributed by atoms with E-state index in [1.54, 1.807) is 6.07 Å². The van der Waals surface area contributed by atoms with Crippen molar-refractivity contribution in [2.75, 3.05) is 0 Å². The summed E-state index contributed by atoms with van der Waals surface area (Å²) in [6.07, 6.45) is 4.74. The summed E-state index contributed by atoms with van der Waals surface area (Å²) >= 11 is 0. The molecule has 0 fully saturated rings. The monoisotopic (exact) mass is 163 g/mol. The van der Waals surface area contributed by atoms with Gasteiger partial charge >= 0.3 is 0 Å². The third-order valence-electron chi connectivity index (χ3n) is 1.78. The van der Waals surface area contributed by atoms with Crippen LogP contribution in [0.3, 0.4) is 0 Å². The van der Waals surface area contributed by atoms with Crippen LogP contribution in [0, 0.1) is 11.9 Å². The van der Waals surface area contributed by atoms with Gasteiger partial charge in [0.1, 0.15) is 5.82 Å². The normalized spacial score (nSPS) is 9.83. The molecule has 1 radical (unpaired) electrons. The summed E-state index contributed by atoms with van der Waals surface area (Å²) in [5.41, 5.74) is 1.91. The number of benzene rings is 1. The molecule has 0 unspecified atom stereocenters. The lowest BCUT2D eigenvalue weighted by molar-refractivity contribution is 0.626. The van der Waals surface area contributed by atoms with Crippen molar-refractivity contribution >= 4 is 0 Å². The number of hydrogen-bond donors (Lipinski definition) is 0. The van der Waals surface area contributed by atoms with Gasteiger partial charge in [-0.05, 0) is 35.8 Å². The van der Waals surface area contributed by atoms with Crippen LogP contribution >= 0.6 is 0 Å². The summed E-state index contributed by atoms with van der Waals surface area (Å²) < 4.78 is 12.7. The fourth-order valence-corrected chi connectivity index (χ4v) is 1.20. The van der Waals surface area contributed by atoms with Crippen LogP contribution < -0.4 is 0 Å². The van der Waals surface area contributed by atoms with E-state index in [4.69, 9.17) is 0 Å². The Morgan fingerprint density at radius 3 is 2.83 bits per heavy atom. The van der Waals surface area contributed by atoms with Crippen LogP contribution in [0.1, 0.15) is 24.5 Å². The third-order valence-corrected chi connectivity index (χ3v) is 1.78. The second-order valence-electron chi connectivity index (χ2n) is 2.73. The van der Waals surface area contributed by atoms with Gasteiger partial charge in [-0.2, -0.15) is 0 Å². The van der Waals surface area contributed by atoms with Crippen LogP contribution in [0.4, 0.5) is 4.39 Å². The van der Waals surface area contributed by atoms with Gasteiger partial charge in [-0.25, -0.2) is 4.39 Å². The van der Waals surface area contributed by atoms with Crippen molar-refractivity contribution in [3.63, 3.8) is 0 Å². The van der Waals surface area contributed by atoms with E-state index in [0.717, 1.165) is 24.0 Å². The minimum Gasteiger partial charge on any atom is -0.207 e. The molecule has 0 nitrogen and oxygen atoms in total. The summed E-state index contributed by atoms with van der Waals surface area (Å²) in [7, 11) is 0. The quantitative estimate of drug-likeness (QED) is 0.642. The molecule has 1 aromatic rings. The highest BCUT2D eigenvalue weighted by atomic mass is 19.1. The molecule has 63 valence electrons. The van der Waals surface area contributed by atoms with Crippen LogP contribution in [-0.2, 0) is 6.42 Å². The highest BCUT2D eigenvalue weighted by molar-refractivity contribution is 5.32. The zero-order valence-electron chi connectivity index (χ0n) is 7.23. The second kappa shape index (κ2) is 4.05. The van der Waals surface area contributed by atoms with E-state index in [1.165, 1.54) is 12.1 Å². The molecule has 0 aromatic heterocycles. The van der Waals surface area contributed by atoms with E-state index in [0.29, 0.717) is 0 Å². The van der Waals surface area contributed by atoms with Gasteiger partial charge in [0.15, 0.2) is 0 Å². The molecule has 0 bridgehead atoms. The Labute approximate surface area is 72.7 Å². The molecule has 0 spiro atoms. The lowest BCUT2D eigenvalue weighted by Crippen LogP contribution is -1.90. The third kappa shape index (κ3) is 1.94. The van der Waals surface area contributed by atoms with Crippen molar-refractivity contribution in [1.82, 2.24) is 0 Å². The molecule has 12 heavy (non-hydrogen) atoms. The first-order valence-corrected chi connectivity index (χ1v) is 4.09. The highest BCUT2D eigenvalue weighted by Crippen LogP contribution is 2.12. The lowest BCUT2D eigenvalue weighted by atomic mass is 10.0. The fraction of sp³-hybridized carbons (Fsp3) is 0.273. The van der Waals surface area contributed by atoms with Crippen molar-refractivity contribution in [2.45, 2.75) is 19.8 Å². The molecular weight excluding hydrogens is 151 g/mol. The maximum absolute atomic E-state index is 12.7. The molecule has 0 aliphatic rings. The Morgan fingerprint density at radius 1 is 1.50 bits per heavy atom. The van der Waals surface area contributed by atoms with Gasteiger partial charge in [0.05, 0.1) is 0 Å². The van der Waals surface area contributed by atoms with Crippen molar-refractivity contribution in [1.29, 1.82) is 0 Å². The predicted octanol–water partition coefficient (Wildman–Crippen LogP) is 3.12. The van der Waals surface area contributed by atoms with Crippen molar-refractivity contribution < 1.29 is 4.39 Å². The number of halogens is 1. The molecule has 0 saturated heterocycles. The maximum atomic E-state index is 12.7. The second-order valence-corrected chi connectivity index (χ2v) is 2.73. The van der Waals surface area contributed by atoms with Gasteiger partial charge in [-0.3, -0.25) is 0 Å². The Bertz CT molecular complexity index is 276. The molecular formula is C11H12F. The van der Waals surface area contributed by atoms with Crippen LogP contribution in [0.2, 0.25) is 0 Å². The standard InChI is InChI=1S/C11H12F/c1-3-5-10-6-7-11(12)8-9(10)4-2/h6-8H,2-3,5H2,1H3. The molecule has 0 aliphatic carbocycles. The molecule has 0 heterocycles. The summed E-state index contributed by atoms with van der Waals surface area (Å²) in [5, 5.41) is 0. The summed E-state index contributed by atoms with van der Waals surface area (Å²) in [6, 6.07) is 4.75. The predicted molar refractivity (Wildman–Crippen MR) is 48.4 cm³/mol. The van der Waals surface area contributed by atoms with Gasteiger partial charge in [0.2, 0.25) is 0 Å². The summed E-state index contributed by atoms with van der Waals surface area (Å²) in [6.45, 7) is 5.62. The van der Waals surface area contributed by atoms with E-state index >= 15 is 0 Å². The Hall–Kier alpha value is -1.11. The average molecular weight is 163 g/mol.